The smallest absolute Gasteiger partial charge is 0.280 e. The van der Waals surface area contributed by atoms with E-state index in [4.69, 9.17) is 16.7 Å². The maximum absolute atomic E-state index is 12.4. The molecule has 0 atom stereocenters. The van der Waals surface area contributed by atoms with Crippen molar-refractivity contribution < 1.29 is 13.9 Å². The lowest BCUT2D eigenvalue weighted by Gasteiger charge is -2.04. The molecule has 0 aliphatic carbocycles. The number of aryl methyl sites for hydroxylation is 1. The van der Waals surface area contributed by atoms with Crippen molar-refractivity contribution in [3.63, 3.8) is 0 Å². The van der Waals surface area contributed by atoms with Crippen molar-refractivity contribution in [2.45, 2.75) is 26.5 Å². The molecule has 1 N–H and O–H groups in total. The van der Waals surface area contributed by atoms with Crippen LogP contribution in [0.1, 0.15) is 24.6 Å². The van der Waals surface area contributed by atoms with Crippen molar-refractivity contribution in [1.82, 2.24) is 9.78 Å². The molecule has 0 amide bonds. The molecule has 1 aromatic heterocycles. The third-order valence-electron chi connectivity index (χ3n) is 1.71. The summed E-state index contributed by atoms with van der Waals surface area (Å²) in [6.07, 6.45) is -2.66. The summed E-state index contributed by atoms with van der Waals surface area (Å²) in [5.41, 5.74) is -0.284. The fraction of sp³-hybridized carbons (Fsp3) is 0.571. The Balaban J connectivity index is 3.24. The van der Waals surface area contributed by atoms with Crippen LogP contribution in [0.3, 0.4) is 0 Å². The van der Waals surface area contributed by atoms with Gasteiger partial charge in [0.25, 0.3) is 6.43 Å². The first-order valence-electron chi connectivity index (χ1n) is 3.75. The van der Waals surface area contributed by atoms with Gasteiger partial charge in [0.05, 0.1) is 6.61 Å². The molecule has 0 saturated heterocycles. The molecule has 0 aromatic carbocycles. The molecule has 13 heavy (non-hydrogen) atoms. The van der Waals surface area contributed by atoms with E-state index in [2.05, 4.69) is 5.10 Å². The average molecular weight is 211 g/mol. The van der Waals surface area contributed by atoms with Crippen molar-refractivity contribution in [3.8, 4) is 0 Å². The number of aliphatic hydroxyl groups excluding tert-OH is 1. The fourth-order valence-electron chi connectivity index (χ4n) is 1.11. The van der Waals surface area contributed by atoms with E-state index in [0.717, 1.165) is 4.68 Å². The molecule has 1 rings (SSSR count). The maximum Gasteiger partial charge on any atom is 0.280 e. The Labute approximate surface area is 78.9 Å². The van der Waals surface area contributed by atoms with E-state index in [1.165, 1.54) is 0 Å². The minimum Gasteiger partial charge on any atom is -0.391 e. The van der Waals surface area contributed by atoms with Gasteiger partial charge in [-0.05, 0) is 6.92 Å². The Morgan fingerprint density at radius 2 is 2.23 bits per heavy atom. The van der Waals surface area contributed by atoms with Crippen molar-refractivity contribution >= 4 is 11.6 Å². The molecule has 0 radical (unpaired) electrons. The molecule has 0 aliphatic rings. The third-order valence-corrected chi connectivity index (χ3v) is 2.01. The number of nitrogens with zero attached hydrogens (tertiary/aromatic N) is 2. The minimum absolute atomic E-state index is 0.0125. The second-order valence-corrected chi connectivity index (χ2v) is 2.79. The Hall–Kier alpha value is -0.680. The van der Waals surface area contributed by atoms with Crippen LogP contribution in [0.5, 0.6) is 0 Å². The zero-order valence-corrected chi connectivity index (χ0v) is 7.72. The first-order chi connectivity index (χ1) is 6.11. The van der Waals surface area contributed by atoms with Gasteiger partial charge in [-0.2, -0.15) is 5.10 Å². The summed E-state index contributed by atoms with van der Waals surface area (Å²) in [6, 6.07) is 0. The summed E-state index contributed by atoms with van der Waals surface area (Å²) in [5.74, 6) is 0. The average Bonchev–Trinajstić information content (AvgIpc) is 2.41. The lowest BCUT2D eigenvalue weighted by molar-refractivity contribution is 0.135. The molecule has 0 fully saturated rings. The van der Waals surface area contributed by atoms with Gasteiger partial charge < -0.3 is 5.11 Å². The van der Waals surface area contributed by atoms with Crippen molar-refractivity contribution in [2.24, 2.45) is 0 Å². The van der Waals surface area contributed by atoms with Crippen LogP contribution < -0.4 is 0 Å². The van der Waals surface area contributed by atoms with Gasteiger partial charge in [-0.15, -0.1) is 0 Å². The summed E-state index contributed by atoms with van der Waals surface area (Å²) in [6.45, 7) is 1.47. The van der Waals surface area contributed by atoms with E-state index < -0.39 is 13.0 Å². The van der Waals surface area contributed by atoms with Gasteiger partial charge in [0, 0.05) is 12.1 Å². The van der Waals surface area contributed by atoms with Crippen LogP contribution in [0.15, 0.2) is 0 Å². The van der Waals surface area contributed by atoms with Crippen LogP contribution in [0.4, 0.5) is 8.78 Å². The number of aromatic nitrogens is 2. The van der Waals surface area contributed by atoms with Crippen molar-refractivity contribution in [1.29, 1.82) is 0 Å². The highest BCUT2D eigenvalue weighted by Gasteiger charge is 2.22. The first kappa shape index (κ1) is 10.4. The summed E-state index contributed by atoms with van der Waals surface area (Å²) >= 11 is 5.55. The molecule has 0 bridgehead atoms. The maximum atomic E-state index is 12.4. The van der Waals surface area contributed by atoms with E-state index in [1.807, 2.05) is 0 Å². The second-order valence-electron chi connectivity index (χ2n) is 2.43. The zero-order valence-electron chi connectivity index (χ0n) is 6.97. The van der Waals surface area contributed by atoms with Crippen LogP contribution in [-0.2, 0) is 13.2 Å². The highest BCUT2D eigenvalue weighted by atomic mass is 35.5. The standard InChI is InChI=1S/C7H9ClF2N2O/c1-2-12-5(7(9)10)4(3-13)6(8)11-12/h7,13H,2-3H2,1H3. The lowest BCUT2D eigenvalue weighted by Crippen LogP contribution is -2.04. The fourth-order valence-corrected chi connectivity index (χ4v) is 1.36. The Kier molecular flexibility index (Phi) is 3.22. The number of halogens is 3. The highest BCUT2D eigenvalue weighted by Crippen LogP contribution is 2.28. The normalized spacial score (nSPS) is 11.2. The lowest BCUT2D eigenvalue weighted by atomic mass is 10.2. The van der Waals surface area contributed by atoms with Gasteiger partial charge >= 0.3 is 0 Å². The number of rotatable bonds is 3. The molecule has 74 valence electrons. The van der Waals surface area contributed by atoms with Gasteiger partial charge in [0.2, 0.25) is 0 Å². The molecule has 0 unspecified atom stereocenters. The zero-order chi connectivity index (χ0) is 10.0. The molecule has 0 saturated carbocycles. The molecule has 0 spiro atoms. The number of hydrogen-bond acceptors (Lipinski definition) is 2. The Morgan fingerprint density at radius 1 is 1.62 bits per heavy atom. The molecular weight excluding hydrogens is 202 g/mol. The highest BCUT2D eigenvalue weighted by molar-refractivity contribution is 6.30. The largest absolute Gasteiger partial charge is 0.391 e. The van der Waals surface area contributed by atoms with Gasteiger partial charge in [-0.3, -0.25) is 4.68 Å². The topological polar surface area (TPSA) is 38.0 Å². The van der Waals surface area contributed by atoms with Gasteiger partial charge in [0.1, 0.15) is 5.69 Å². The van der Waals surface area contributed by atoms with Crippen molar-refractivity contribution in [3.05, 3.63) is 16.4 Å². The molecule has 1 aromatic rings. The Bertz CT molecular complexity index is 301. The molecule has 6 heteroatoms. The quantitative estimate of drug-likeness (QED) is 0.829. The van der Waals surface area contributed by atoms with E-state index in [1.54, 1.807) is 6.92 Å². The van der Waals surface area contributed by atoms with Crippen LogP contribution in [0.25, 0.3) is 0 Å². The van der Waals surface area contributed by atoms with Crippen LogP contribution in [0.2, 0.25) is 5.15 Å². The van der Waals surface area contributed by atoms with Gasteiger partial charge in [-0.1, -0.05) is 11.6 Å². The van der Waals surface area contributed by atoms with E-state index >= 15 is 0 Å². The van der Waals surface area contributed by atoms with E-state index in [-0.39, 0.29) is 16.4 Å². The summed E-state index contributed by atoms with van der Waals surface area (Å²) in [5, 5.41) is 12.4. The SMILES string of the molecule is CCn1nc(Cl)c(CO)c1C(F)F. The van der Waals surface area contributed by atoms with Crippen LogP contribution in [0, 0.1) is 0 Å². The van der Waals surface area contributed by atoms with Crippen LogP contribution >= 0.6 is 11.6 Å². The van der Waals surface area contributed by atoms with Gasteiger partial charge in [0.15, 0.2) is 5.15 Å². The first-order valence-corrected chi connectivity index (χ1v) is 4.13. The summed E-state index contributed by atoms with van der Waals surface area (Å²) < 4.78 is 26.0. The summed E-state index contributed by atoms with van der Waals surface area (Å²) in [7, 11) is 0. The van der Waals surface area contributed by atoms with Gasteiger partial charge in [-0.25, -0.2) is 8.78 Å². The minimum atomic E-state index is -2.66. The van der Waals surface area contributed by atoms with Crippen LogP contribution in [-0.4, -0.2) is 14.9 Å². The monoisotopic (exact) mass is 210 g/mol. The number of hydrogen-bond donors (Lipinski definition) is 1. The number of aliphatic hydroxyl groups is 1. The van der Waals surface area contributed by atoms with E-state index in [9.17, 15) is 8.78 Å². The Morgan fingerprint density at radius 3 is 2.62 bits per heavy atom. The summed E-state index contributed by atoms with van der Waals surface area (Å²) in [4.78, 5) is 0. The molecule has 3 nitrogen and oxygen atoms in total. The third kappa shape index (κ3) is 1.81. The molecule has 0 aliphatic heterocycles. The predicted molar refractivity (Wildman–Crippen MR) is 43.8 cm³/mol. The predicted octanol–water partition coefficient (Wildman–Crippen LogP) is 1.99. The van der Waals surface area contributed by atoms with Crippen molar-refractivity contribution in [2.75, 3.05) is 0 Å². The van der Waals surface area contributed by atoms with E-state index in [0.29, 0.717) is 6.54 Å². The number of alkyl halides is 2. The molecular formula is C7H9ClF2N2O. The molecule has 1 heterocycles. The second kappa shape index (κ2) is 4.02.